The Morgan fingerprint density at radius 2 is 1.89 bits per heavy atom. The lowest BCUT2D eigenvalue weighted by atomic mass is 10.1. The first-order valence-electron chi connectivity index (χ1n) is 5.46. The van der Waals surface area contributed by atoms with Gasteiger partial charge in [-0.25, -0.2) is 9.18 Å². The van der Waals surface area contributed by atoms with E-state index in [2.05, 4.69) is 0 Å². The summed E-state index contributed by atoms with van der Waals surface area (Å²) in [5, 5.41) is 8.89. The molecule has 3 aromatic rings. The highest BCUT2D eigenvalue weighted by Crippen LogP contribution is 2.22. The molecule has 94 valence electrons. The molecule has 19 heavy (non-hydrogen) atoms. The van der Waals surface area contributed by atoms with E-state index < -0.39 is 17.2 Å². The Bertz CT molecular complexity index is 880. The zero-order valence-electron chi connectivity index (χ0n) is 9.51. The van der Waals surface area contributed by atoms with E-state index in [1.54, 1.807) is 18.2 Å². The van der Waals surface area contributed by atoms with Gasteiger partial charge in [-0.15, -0.1) is 0 Å². The minimum absolute atomic E-state index is 0.0684. The normalized spacial score (nSPS) is 11.0. The number of halogens is 1. The summed E-state index contributed by atoms with van der Waals surface area (Å²) in [5.74, 6) is -2.17. The second-order valence-corrected chi connectivity index (χ2v) is 4.06. The van der Waals surface area contributed by atoms with Crippen molar-refractivity contribution < 1.29 is 18.7 Å². The third-order valence-corrected chi connectivity index (χ3v) is 2.88. The van der Waals surface area contributed by atoms with E-state index in [9.17, 15) is 14.0 Å². The molecule has 0 aliphatic rings. The largest absolute Gasteiger partial charge is 0.478 e. The van der Waals surface area contributed by atoms with Crippen LogP contribution in [-0.4, -0.2) is 11.1 Å². The molecule has 0 spiro atoms. The fourth-order valence-electron chi connectivity index (χ4n) is 2.00. The molecule has 1 N–H and O–H groups in total. The molecule has 0 radical (unpaired) electrons. The van der Waals surface area contributed by atoms with Gasteiger partial charge in [0.25, 0.3) is 0 Å². The van der Waals surface area contributed by atoms with Gasteiger partial charge in [0.1, 0.15) is 22.4 Å². The number of benzene rings is 2. The monoisotopic (exact) mass is 258 g/mol. The van der Waals surface area contributed by atoms with Crippen LogP contribution in [0.2, 0.25) is 0 Å². The number of para-hydroxylation sites is 1. The molecule has 0 atom stereocenters. The highest BCUT2D eigenvalue weighted by atomic mass is 19.1. The van der Waals surface area contributed by atoms with Crippen LogP contribution < -0.4 is 5.43 Å². The highest BCUT2D eigenvalue weighted by molar-refractivity contribution is 5.95. The summed E-state index contributed by atoms with van der Waals surface area (Å²) in [6.07, 6.45) is 0. The van der Waals surface area contributed by atoms with Crippen molar-refractivity contribution >= 4 is 27.9 Å². The van der Waals surface area contributed by atoms with Gasteiger partial charge in [0.2, 0.25) is 5.43 Å². The van der Waals surface area contributed by atoms with Crippen LogP contribution >= 0.6 is 0 Å². The molecule has 0 saturated heterocycles. The van der Waals surface area contributed by atoms with Crippen molar-refractivity contribution in [3.8, 4) is 0 Å². The number of hydrogen-bond donors (Lipinski definition) is 1. The Morgan fingerprint density at radius 3 is 2.63 bits per heavy atom. The van der Waals surface area contributed by atoms with Crippen LogP contribution in [0.5, 0.6) is 0 Å². The van der Waals surface area contributed by atoms with Crippen molar-refractivity contribution in [1.29, 1.82) is 0 Å². The first-order chi connectivity index (χ1) is 9.08. The molecule has 0 fully saturated rings. The van der Waals surface area contributed by atoms with Crippen LogP contribution in [0.4, 0.5) is 4.39 Å². The number of hydrogen-bond acceptors (Lipinski definition) is 3. The maximum Gasteiger partial charge on any atom is 0.335 e. The lowest BCUT2D eigenvalue weighted by Crippen LogP contribution is -2.06. The minimum Gasteiger partial charge on any atom is -0.478 e. The van der Waals surface area contributed by atoms with Crippen molar-refractivity contribution in [3.63, 3.8) is 0 Å². The molecular weight excluding hydrogens is 251 g/mol. The molecule has 0 amide bonds. The zero-order chi connectivity index (χ0) is 13.6. The number of carboxylic acid groups (broad SMARTS) is 1. The number of carboxylic acids is 1. The third-order valence-electron chi connectivity index (χ3n) is 2.88. The van der Waals surface area contributed by atoms with E-state index >= 15 is 0 Å². The molecule has 2 aromatic carbocycles. The van der Waals surface area contributed by atoms with Crippen LogP contribution in [-0.2, 0) is 0 Å². The Kier molecular flexibility index (Phi) is 2.35. The van der Waals surface area contributed by atoms with Gasteiger partial charge < -0.3 is 9.52 Å². The van der Waals surface area contributed by atoms with Crippen LogP contribution in [0, 0.1) is 5.82 Å². The first kappa shape index (κ1) is 11.4. The molecule has 0 saturated carbocycles. The van der Waals surface area contributed by atoms with Crippen molar-refractivity contribution in [2.24, 2.45) is 0 Å². The summed E-state index contributed by atoms with van der Waals surface area (Å²) in [7, 11) is 0. The average Bonchev–Trinajstić information content (AvgIpc) is 2.38. The number of fused-ring (bicyclic) bond motifs is 2. The standard InChI is InChI=1S/C14H7FO4/c15-9-5-7(14(17)18)6-11-12(9)13(16)8-3-1-2-4-10(8)19-11/h1-6H,(H,17,18). The van der Waals surface area contributed by atoms with E-state index in [-0.39, 0.29) is 21.9 Å². The lowest BCUT2D eigenvalue weighted by Gasteiger charge is -2.03. The van der Waals surface area contributed by atoms with E-state index in [0.29, 0.717) is 5.58 Å². The van der Waals surface area contributed by atoms with Crippen LogP contribution in [0.1, 0.15) is 10.4 Å². The van der Waals surface area contributed by atoms with Crippen LogP contribution in [0.15, 0.2) is 45.6 Å². The Morgan fingerprint density at radius 1 is 1.16 bits per heavy atom. The van der Waals surface area contributed by atoms with Crippen molar-refractivity contribution in [2.75, 3.05) is 0 Å². The molecule has 0 aliphatic heterocycles. The van der Waals surface area contributed by atoms with E-state index in [1.807, 2.05) is 0 Å². The van der Waals surface area contributed by atoms with E-state index in [4.69, 9.17) is 9.52 Å². The SMILES string of the molecule is O=C(O)c1cc(F)c2c(=O)c3ccccc3oc2c1. The Balaban J connectivity index is 2.54. The zero-order valence-corrected chi connectivity index (χ0v) is 9.51. The van der Waals surface area contributed by atoms with Gasteiger partial charge in [-0.2, -0.15) is 0 Å². The van der Waals surface area contributed by atoms with Crippen molar-refractivity contribution in [1.82, 2.24) is 0 Å². The third kappa shape index (κ3) is 1.67. The molecule has 3 rings (SSSR count). The summed E-state index contributed by atoms with van der Waals surface area (Å²) < 4.78 is 19.3. The van der Waals surface area contributed by atoms with Gasteiger partial charge in [-0.05, 0) is 24.3 Å². The number of aromatic carboxylic acids is 1. The van der Waals surface area contributed by atoms with E-state index in [1.165, 1.54) is 6.07 Å². The molecule has 0 aliphatic carbocycles. The van der Waals surface area contributed by atoms with Gasteiger partial charge >= 0.3 is 5.97 Å². The molecule has 0 unspecified atom stereocenters. The predicted octanol–water partition coefficient (Wildman–Crippen LogP) is 2.78. The maximum atomic E-state index is 13.9. The van der Waals surface area contributed by atoms with Crippen LogP contribution in [0.25, 0.3) is 21.9 Å². The second kappa shape index (κ2) is 3.91. The van der Waals surface area contributed by atoms with E-state index in [0.717, 1.165) is 12.1 Å². The second-order valence-electron chi connectivity index (χ2n) is 4.06. The quantitative estimate of drug-likeness (QED) is 0.681. The first-order valence-corrected chi connectivity index (χ1v) is 5.46. The van der Waals surface area contributed by atoms with Gasteiger partial charge in [0, 0.05) is 0 Å². The van der Waals surface area contributed by atoms with Gasteiger partial charge in [0.15, 0.2) is 0 Å². The van der Waals surface area contributed by atoms with Gasteiger partial charge in [0.05, 0.1) is 10.9 Å². The highest BCUT2D eigenvalue weighted by Gasteiger charge is 2.15. The number of rotatable bonds is 1. The maximum absolute atomic E-state index is 13.9. The lowest BCUT2D eigenvalue weighted by molar-refractivity contribution is 0.0696. The topological polar surface area (TPSA) is 67.5 Å². The van der Waals surface area contributed by atoms with Crippen molar-refractivity contribution in [2.45, 2.75) is 0 Å². The minimum atomic E-state index is -1.28. The Labute approximate surface area is 105 Å². The van der Waals surface area contributed by atoms with Gasteiger partial charge in [-0.1, -0.05) is 12.1 Å². The summed E-state index contributed by atoms with van der Waals surface area (Å²) in [6, 6.07) is 8.39. The van der Waals surface area contributed by atoms with Crippen molar-refractivity contribution in [3.05, 3.63) is 58.0 Å². The molecular formula is C14H7FO4. The smallest absolute Gasteiger partial charge is 0.335 e. The Hall–Kier alpha value is -2.69. The predicted molar refractivity (Wildman–Crippen MR) is 66.9 cm³/mol. The summed E-state index contributed by atoms with van der Waals surface area (Å²) >= 11 is 0. The molecule has 1 aromatic heterocycles. The molecule has 5 heteroatoms. The summed E-state index contributed by atoms with van der Waals surface area (Å²) in [4.78, 5) is 23.0. The summed E-state index contributed by atoms with van der Waals surface area (Å²) in [5.41, 5.74) is -0.544. The fourth-order valence-corrected chi connectivity index (χ4v) is 2.00. The average molecular weight is 258 g/mol. The van der Waals surface area contributed by atoms with Crippen LogP contribution in [0.3, 0.4) is 0 Å². The number of carbonyl (C=O) groups is 1. The molecule has 4 nitrogen and oxygen atoms in total. The molecule has 1 heterocycles. The fraction of sp³-hybridized carbons (Fsp3) is 0. The summed E-state index contributed by atoms with van der Waals surface area (Å²) in [6.45, 7) is 0. The van der Waals surface area contributed by atoms with Gasteiger partial charge in [-0.3, -0.25) is 4.79 Å². The molecule has 0 bridgehead atoms.